The fourth-order valence-corrected chi connectivity index (χ4v) is 1.11. The lowest BCUT2D eigenvalue weighted by atomic mass is 10.0. The van der Waals surface area contributed by atoms with Crippen LogP contribution in [0.25, 0.3) is 0 Å². The van der Waals surface area contributed by atoms with Crippen molar-refractivity contribution in [3.8, 4) is 0 Å². The maximum absolute atomic E-state index is 10.9. The zero-order valence-corrected chi connectivity index (χ0v) is 6.71. The summed E-state index contributed by atoms with van der Waals surface area (Å²) in [5, 5.41) is 17.8. The van der Waals surface area contributed by atoms with Crippen LogP contribution in [0.1, 0.15) is 6.92 Å². The van der Waals surface area contributed by atoms with E-state index in [-0.39, 0.29) is 0 Å². The second-order valence-corrected chi connectivity index (χ2v) is 3.43. The number of aliphatic hydroxyl groups excluding tert-OH is 2. The van der Waals surface area contributed by atoms with Gasteiger partial charge in [0.05, 0.1) is 6.61 Å². The van der Waals surface area contributed by atoms with Gasteiger partial charge in [-0.1, -0.05) is 0 Å². The number of hydrogen-bond donors (Lipinski definition) is 2. The minimum Gasteiger partial charge on any atom is -0.456 e. The Morgan fingerprint density at radius 2 is 2.36 bits per heavy atom. The molecule has 0 aromatic heterocycles. The molecule has 1 fully saturated rings. The molecular formula is C6H9ClO4. The predicted molar refractivity (Wildman–Crippen MR) is 37.2 cm³/mol. The molecule has 4 nitrogen and oxygen atoms in total. The lowest BCUT2D eigenvalue weighted by molar-refractivity contribution is -0.144. The van der Waals surface area contributed by atoms with Gasteiger partial charge < -0.3 is 14.9 Å². The Bertz CT molecular complexity index is 179. The highest BCUT2D eigenvalue weighted by Crippen LogP contribution is 2.31. The number of halogens is 1. The SMILES string of the molecule is C[C@]1(Cl)C(=O)O[C@H](CO)[C@H]1O. The molecule has 0 aromatic carbocycles. The lowest BCUT2D eigenvalue weighted by Crippen LogP contribution is -2.39. The Balaban J connectivity index is 2.80. The van der Waals surface area contributed by atoms with Gasteiger partial charge in [-0.3, -0.25) is 4.79 Å². The number of esters is 1. The molecule has 0 spiro atoms. The fourth-order valence-electron chi connectivity index (χ4n) is 0.924. The molecule has 0 saturated carbocycles. The first-order valence-corrected chi connectivity index (χ1v) is 3.57. The highest BCUT2D eigenvalue weighted by atomic mass is 35.5. The van der Waals surface area contributed by atoms with Gasteiger partial charge in [-0.05, 0) is 6.92 Å². The molecule has 1 heterocycles. The lowest BCUT2D eigenvalue weighted by Gasteiger charge is -2.15. The van der Waals surface area contributed by atoms with E-state index in [1.807, 2.05) is 0 Å². The summed E-state index contributed by atoms with van der Waals surface area (Å²) in [7, 11) is 0. The van der Waals surface area contributed by atoms with Crippen LogP contribution in [0.5, 0.6) is 0 Å². The predicted octanol–water partition coefficient (Wildman–Crippen LogP) is -0.738. The highest BCUT2D eigenvalue weighted by Gasteiger charge is 2.52. The van der Waals surface area contributed by atoms with E-state index in [0.29, 0.717) is 0 Å². The Hall–Kier alpha value is -0.320. The van der Waals surface area contributed by atoms with Crippen molar-refractivity contribution in [3.63, 3.8) is 0 Å². The molecule has 1 rings (SSSR count). The van der Waals surface area contributed by atoms with Crippen LogP contribution < -0.4 is 0 Å². The van der Waals surface area contributed by atoms with E-state index >= 15 is 0 Å². The zero-order valence-electron chi connectivity index (χ0n) is 5.95. The van der Waals surface area contributed by atoms with Gasteiger partial charge in [0.15, 0.2) is 11.0 Å². The molecule has 0 unspecified atom stereocenters. The van der Waals surface area contributed by atoms with Crippen molar-refractivity contribution in [1.29, 1.82) is 0 Å². The number of carbonyl (C=O) groups excluding carboxylic acids is 1. The van der Waals surface area contributed by atoms with Crippen molar-refractivity contribution in [3.05, 3.63) is 0 Å². The first kappa shape index (κ1) is 8.77. The molecule has 3 atom stereocenters. The molecule has 11 heavy (non-hydrogen) atoms. The van der Waals surface area contributed by atoms with Crippen LogP contribution in [0.15, 0.2) is 0 Å². The summed E-state index contributed by atoms with van der Waals surface area (Å²) in [5.41, 5.74) is 0. The third kappa shape index (κ3) is 1.21. The van der Waals surface area contributed by atoms with E-state index < -0.39 is 29.7 Å². The third-order valence-electron chi connectivity index (χ3n) is 1.75. The summed E-state index contributed by atoms with van der Waals surface area (Å²) in [4.78, 5) is 9.44. The topological polar surface area (TPSA) is 66.8 Å². The molecule has 0 aromatic rings. The molecule has 0 radical (unpaired) electrons. The average molecular weight is 181 g/mol. The van der Waals surface area contributed by atoms with Crippen LogP contribution in [-0.4, -0.2) is 39.9 Å². The normalized spacial score (nSPS) is 44.2. The van der Waals surface area contributed by atoms with Crippen LogP contribution >= 0.6 is 11.6 Å². The second kappa shape index (κ2) is 2.62. The van der Waals surface area contributed by atoms with Crippen molar-refractivity contribution in [2.24, 2.45) is 0 Å². The van der Waals surface area contributed by atoms with Crippen LogP contribution in [0.3, 0.4) is 0 Å². The number of alkyl halides is 1. The summed E-state index contributed by atoms with van der Waals surface area (Å²) in [6, 6.07) is 0. The molecule has 5 heteroatoms. The molecule has 1 aliphatic heterocycles. The number of ether oxygens (including phenoxy) is 1. The Kier molecular flexibility index (Phi) is 2.09. The van der Waals surface area contributed by atoms with E-state index in [2.05, 4.69) is 4.74 Å². The number of rotatable bonds is 1. The van der Waals surface area contributed by atoms with E-state index in [0.717, 1.165) is 0 Å². The van der Waals surface area contributed by atoms with Crippen LogP contribution in [-0.2, 0) is 9.53 Å². The Morgan fingerprint density at radius 3 is 2.55 bits per heavy atom. The second-order valence-electron chi connectivity index (χ2n) is 2.65. The van der Waals surface area contributed by atoms with Crippen LogP contribution in [0, 0.1) is 0 Å². The molecule has 0 aliphatic carbocycles. The molecule has 1 aliphatic rings. The van der Waals surface area contributed by atoms with Crippen molar-refractivity contribution >= 4 is 17.6 Å². The van der Waals surface area contributed by atoms with Gasteiger partial charge in [0.25, 0.3) is 0 Å². The maximum atomic E-state index is 10.9. The minimum atomic E-state index is -1.41. The quantitative estimate of drug-likeness (QED) is 0.412. The summed E-state index contributed by atoms with van der Waals surface area (Å²) in [6.45, 7) is 0.951. The van der Waals surface area contributed by atoms with Gasteiger partial charge in [0, 0.05) is 0 Å². The number of aliphatic hydroxyl groups is 2. The first-order valence-electron chi connectivity index (χ1n) is 3.19. The average Bonchev–Trinajstić information content (AvgIpc) is 2.14. The van der Waals surface area contributed by atoms with Crippen molar-refractivity contribution in [1.82, 2.24) is 0 Å². The summed E-state index contributed by atoms with van der Waals surface area (Å²) in [5.74, 6) is -0.689. The molecular weight excluding hydrogens is 172 g/mol. The number of carbonyl (C=O) groups is 1. The number of hydrogen-bond acceptors (Lipinski definition) is 4. The zero-order chi connectivity index (χ0) is 8.65. The largest absolute Gasteiger partial charge is 0.456 e. The molecule has 1 saturated heterocycles. The molecule has 2 N–H and O–H groups in total. The number of cyclic esters (lactones) is 1. The van der Waals surface area contributed by atoms with Gasteiger partial charge in [-0.15, -0.1) is 11.6 Å². The third-order valence-corrected chi connectivity index (χ3v) is 2.12. The van der Waals surface area contributed by atoms with Gasteiger partial charge in [0.1, 0.15) is 6.10 Å². The monoisotopic (exact) mass is 180 g/mol. The minimum absolute atomic E-state index is 0.408. The summed E-state index contributed by atoms with van der Waals surface area (Å²) in [6.07, 6.45) is -2.02. The standard InChI is InChI=1S/C6H9ClO4/c1-6(7)4(9)3(2-8)11-5(6)10/h3-4,8-9H,2H2,1H3/t3-,4-,6-/m1/s1. The Morgan fingerprint density at radius 1 is 1.82 bits per heavy atom. The van der Waals surface area contributed by atoms with E-state index in [1.54, 1.807) is 0 Å². The van der Waals surface area contributed by atoms with Crippen molar-refractivity contribution < 1.29 is 19.7 Å². The molecule has 0 bridgehead atoms. The summed E-state index contributed by atoms with van der Waals surface area (Å²) >= 11 is 5.61. The van der Waals surface area contributed by atoms with Crippen molar-refractivity contribution in [2.45, 2.75) is 24.0 Å². The first-order chi connectivity index (χ1) is 5.00. The fraction of sp³-hybridized carbons (Fsp3) is 0.833. The highest BCUT2D eigenvalue weighted by molar-refractivity contribution is 6.34. The Labute approximate surface area is 68.7 Å². The van der Waals surface area contributed by atoms with Crippen LogP contribution in [0.4, 0.5) is 0 Å². The maximum Gasteiger partial charge on any atom is 0.330 e. The van der Waals surface area contributed by atoms with Crippen LogP contribution in [0.2, 0.25) is 0 Å². The summed E-state index contributed by atoms with van der Waals surface area (Å²) < 4.78 is 4.57. The van der Waals surface area contributed by atoms with E-state index in [1.165, 1.54) is 6.92 Å². The van der Waals surface area contributed by atoms with E-state index in [9.17, 15) is 9.90 Å². The molecule has 0 amide bonds. The smallest absolute Gasteiger partial charge is 0.330 e. The van der Waals surface area contributed by atoms with Gasteiger partial charge in [0.2, 0.25) is 0 Å². The molecule has 64 valence electrons. The van der Waals surface area contributed by atoms with Gasteiger partial charge >= 0.3 is 5.97 Å². The van der Waals surface area contributed by atoms with Crippen molar-refractivity contribution in [2.75, 3.05) is 6.61 Å². The van der Waals surface area contributed by atoms with Gasteiger partial charge in [-0.2, -0.15) is 0 Å². The van der Waals surface area contributed by atoms with Gasteiger partial charge in [-0.25, -0.2) is 0 Å². The van der Waals surface area contributed by atoms with E-state index in [4.69, 9.17) is 16.7 Å².